The van der Waals surface area contributed by atoms with Gasteiger partial charge in [-0.2, -0.15) is 0 Å². The van der Waals surface area contributed by atoms with Crippen LogP contribution < -0.4 is 16.0 Å². The molecule has 0 aromatic heterocycles. The molecule has 1 amide bonds. The van der Waals surface area contributed by atoms with E-state index in [1.54, 1.807) is 7.05 Å². The topological polar surface area (TPSA) is 78.0 Å². The lowest BCUT2D eigenvalue weighted by Crippen LogP contribution is -2.55. The molecule has 0 aliphatic carbocycles. The summed E-state index contributed by atoms with van der Waals surface area (Å²) < 4.78 is 5.34. The summed E-state index contributed by atoms with van der Waals surface area (Å²) in [6, 6.07) is 0.499. The summed E-state index contributed by atoms with van der Waals surface area (Å²) >= 11 is 0. The Labute approximate surface area is 165 Å². The lowest BCUT2D eigenvalue weighted by molar-refractivity contribution is 0.0474. The molecule has 0 saturated carbocycles. The van der Waals surface area contributed by atoms with Crippen molar-refractivity contribution in [2.45, 2.75) is 78.5 Å². The van der Waals surface area contributed by atoms with E-state index < -0.39 is 17.2 Å². The predicted molar refractivity (Wildman–Crippen MR) is 112 cm³/mol. The van der Waals surface area contributed by atoms with E-state index in [1.807, 2.05) is 34.6 Å². The van der Waals surface area contributed by atoms with Crippen molar-refractivity contribution >= 4 is 12.1 Å². The van der Waals surface area contributed by atoms with E-state index in [-0.39, 0.29) is 0 Å². The summed E-state index contributed by atoms with van der Waals surface area (Å²) in [5.41, 5.74) is -0.973. The second kappa shape index (κ2) is 10.2. The molecule has 1 rings (SSSR count). The fourth-order valence-corrected chi connectivity index (χ4v) is 3.21. The van der Waals surface area contributed by atoms with Gasteiger partial charge in [-0.3, -0.25) is 9.89 Å². The summed E-state index contributed by atoms with van der Waals surface area (Å²) in [7, 11) is 1.77. The quantitative estimate of drug-likeness (QED) is 0.465. The van der Waals surface area contributed by atoms with Crippen molar-refractivity contribution in [2.75, 3.05) is 33.2 Å². The SMILES string of the molecule is CN=C(NCC(C(C)C)N1CCCC1)NCC(C)(C)NC(=O)OC(C)(C)C. The molecule has 7 heteroatoms. The highest BCUT2D eigenvalue weighted by molar-refractivity contribution is 5.79. The molecule has 1 aliphatic heterocycles. The second-order valence-corrected chi connectivity index (χ2v) is 9.37. The van der Waals surface area contributed by atoms with E-state index in [9.17, 15) is 4.79 Å². The van der Waals surface area contributed by atoms with Crippen LogP contribution in [0.15, 0.2) is 4.99 Å². The number of amides is 1. The first-order valence-corrected chi connectivity index (χ1v) is 10.1. The molecular weight excluding hydrogens is 342 g/mol. The smallest absolute Gasteiger partial charge is 0.408 e. The summed E-state index contributed by atoms with van der Waals surface area (Å²) in [5, 5.41) is 9.66. The third-order valence-corrected chi connectivity index (χ3v) is 4.62. The molecule has 0 aromatic rings. The molecule has 3 N–H and O–H groups in total. The first-order chi connectivity index (χ1) is 12.4. The molecule has 0 bridgehead atoms. The highest BCUT2D eigenvalue weighted by Gasteiger charge is 2.26. The van der Waals surface area contributed by atoms with Gasteiger partial charge in [-0.25, -0.2) is 4.79 Å². The Bertz CT molecular complexity index is 491. The molecule has 1 aliphatic rings. The van der Waals surface area contributed by atoms with E-state index in [1.165, 1.54) is 25.9 Å². The number of guanidine groups is 1. The summed E-state index contributed by atoms with van der Waals surface area (Å²) in [4.78, 5) is 18.9. The third-order valence-electron chi connectivity index (χ3n) is 4.62. The van der Waals surface area contributed by atoms with Gasteiger partial charge in [0, 0.05) is 26.2 Å². The van der Waals surface area contributed by atoms with E-state index in [2.05, 4.69) is 39.7 Å². The molecule has 158 valence electrons. The van der Waals surface area contributed by atoms with Gasteiger partial charge in [0.05, 0.1) is 5.54 Å². The van der Waals surface area contributed by atoms with Gasteiger partial charge >= 0.3 is 6.09 Å². The molecule has 7 nitrogen and oxygen atoms in total. The predicted octanol–water partition coefficient (Wildman–Crippen LogP) is 2.58. The fraction of sp³-hybridized carbons (Fsp3) is 0.900. The lowest BCUT2D eigenvalue weighted by Gasteiger charge is -2.32. The Morgan fingerprint density at radius 1 is 1.11 bits per heavy atom. The zero-order valence-electron chi connectivity index (χ0n) is 18.6. The number of carbonyl (C=O) groups excluding carboxylic acids is 1. The van der Waals surface area contributed by atoms with Gasteiger partial charge in [0.2, 0.25) is 0 Å². The number of likely N-dealkylation sites (tertiary alicyclic amines) is 1. The highest BCUT2D eigenvalue weighted by Crippen LogP contribution is 2.17. The van der Waals surface area contributed by atoms with Crippen LogP contribution in [0.25, 0.3) is 0 Å². The van der Waals surface area contributed by atoms with Crippen molar-refractivity contribution < 1.29 is 9.53 Å². The van der Waals surface area contributed by atoms with Gasteiger partial charge in [-0.05, 0) is 66.5 Å². The van der Waals surface area contributed by atoms with Gasteiger partial charge in [0.25, 0.3) is 0 Å². The zero-order chi connectivity index (χ0) is 20.7. The first-order valence-electron chi connectivity index (χ1n) is 10.1. The van der Waals surface area contributed by atoms with Gasteiger partial charge in [0.15, 0.2) is 5.96 Å². The van der Waals surface area contributed by atoms with Crippen molar-refractivity contribution in [3.8, 4) is 0 Å². The number of nitrogens with zero attached hydrogens (tertiary/aromatic N) is 2. The van der Waals surface area contributed by atoms with Gasteiger partial charge in [-0.15, -0.1) is 0 Å². The average molecular weight is 384 g/mol. The lowest BCUT2D eigenvalue weighted by atomic mass is 10.0. The minimum Gasteiger partial charge on any atom is -0.444 e. The molecular formula is C20H41N5O2. The minimum atomic E-state index is -0.507. The van der Waals surface area contributed by atoms with Crippen LogP contribution in [0.2, 0.25) is 0 Å². The molecule has 1 unspecified atom stereocenters. The molecule has 1 atom stereocenters. The van der Waals surface area contributed by atoms with Crippen LogP contribution in [0.4, 0.5) is 4.79 Å². The normalized spacial score (nSPS) is 17.7. The maximum Gasteiger partial charge on any atom is 0.408 e. The van der Waals surface area contributed by atoms with Gasteiger partial charge in [-0.1, -0.05) is 13.8 Å². The number of hydrogen-bond acceptors (Lipinski definition) is 4. The van der Waals surface area contributed by atoms with E-state index in [4.69, 9.17) is 4.74 Å². The first kappa shape index (κ1) is 23.5. The molecule has 1 heterocycles. The van der Waals surface area contributed by atoms with E-state index in [0.717, 1.165) is 12.5 Å². The summed E-state index contributed by atoms with van der Waals surface area (Å²) in [6.07, 6.45) is 2.17. The van der Waals surface area contributed by atoms with E-state index in [0.29, 0.717) is 18.5 Å². The van der Waals surface area contributed by atoms with Crippen LogP contribution in [-0.2, 0) is 4.74 Å². The Morgan fingerprint density at radius 2 is 1.70 bits per heavy atom. The zero-order valence-corrected chi connectivity index (χ0v) is 18.6. The maximum atomic E-state index is 12.0. The third kappa shape index (κ3) is 9.31. The van der Waals surface area contributed by atoms with E-state index >= 15 is 0 Å². The monoisotopic (exact) mass is 383 g/mol. The fourth-order valence-electron chi connectivity index (χ4n) is 3.21. The Balaban J connectivity index is 2.49. The molecule has 0 spiro atoms. The molecule has 27 heavy (non-hydrogen) atoms. The summed E-state index contributed by atoms with van der Waals surface area (Å²) in [6.45, 7) is 17.8. The number of nitrogens with one attached hydrogen (secondary N) is 3. The number of aliphatic imine (C=N–C) groups is 1. The van der Waals surface area contributed by atoms with Crippen LogP contribution in [-0.4, -0.2) is 67.4 Å². The Morgan fingerprint density at radius 3 is 2.19 bits per heavy atom. The standard InChI is InChI=1S/C20H41N5O2/c1-15(2)16(25-11-9-10-12-25)13-22-17(21-8)23-14-20(6,7)24-18(26)27-19(3,4)5/h15-16H,9-14H2,1-8H3,(H,24,26)(H2,21,22,23). The van der Waals surface area contributed by atoms with Crippen molar-refractivity contribution in [1.82, 2.24) is 20.9 Å². The largest absolute Gasteiger partial charge is 0.444 e. The Kier molecular flexibility index (Phi) is 8.85. The second-order valence-electron chi connectivity index (χ2n) is 9.37. The maximum absolute atomic E-state index is 12.0. The molecule has 0 radical (unpaired) electrons. The van der Waals surface area contributed by atoms with Crippen molar-refractivity contribution in [3.63, 3.8) is 0 Å². The average Bonchev–Trinajstić information content (AvgIpc) is 3.01. The van der Waals surface area contributed by atoms with Crippen LogP contribution in [0, 0.1) is 5.92 Å². The van der Waals surface area contributed by atoms with Crippen LogP contribution in [0.5, 0.6) is 0 Å². The number of ether oxygens (including phenoxy) is 1. The van der Waals surface area contributed by atoms with Crippen LogP contribution in [0.1, 0.15) is 61.3 Å². The Hall–Kier alpha value is -1.50. The van der Waals surface area contributed by atoms with Crippen molar-refractivity contribution in [3.05, 3.63) is 0 Å². The summed E-state index contributed by atoms with van der Waals surface area (Å²) in [5.74, 6) is 1.33. The molecule has 0 aromatic carbocycles. The van der Waals surface area contributed by atoms with Gasteiger partial charge in [0.1, 0.15) is 5.60 Å². The van der Waals surface area contributed by atoms with Crippen LogP contribution in [0.3, 0.4) is 0 Å². The highest BCUT2D eigenvalue weighted by atomic mass is 16.6. The van der Waals surface area contributed by atoms with Crippen molar-refractivity contribution in [2.24, 2.45) is 10.9 Å². The van der Waals surface area contributed by atoms with Crippen molar-refractivity contribution in [1.29, 1.82) is 0 Å². The van der Waals surface area contributed by atoms with Gasteiger partial charge < -0.3 is 20.7 Å². The minimum absolute atomic E-state index is 0.411. The number of carbonyl (C=O) groups is 1. The molecule has 1 fully saturated rings. The van der Waals surface area contributed by atoms with Crippen LogP contribution >= 0.6 is 0 Å². The molecule has 1 saturated heterocycles. The number of alkyl carbamates (subject to hydrolysis) is 1. The number of rotatable bonds is 7. The number of hydrogen-bond donors (Lipinski definition) is 3.